The molecule has 0 radical (unpaired) electrons. The number of nitrogens with one attached hydrogen (secondary N) is 1. The first kappa shape index (κ1) is 17.1. The highest BCUT2D eigenvalue weighted by molar-refractivity contribution is 8.77. The lowest BCUT2D eigenvalue weighted by atomic mass is 10.2. The molecule has 9 heteroatoms. The summed E-state index contributed by atoms with van der Waals surface area (Å²) in [5.74, 6) is -0.0000926. The molecule has 0 aliphatic carbocycles. The van der Waals surface area contributed by atoms with Gasteiger partial charge in [-0.05, 0) is 45.9 Å². The average molecular weight is 362 g/mol. The molecule has 7 nitrogen and oxygen atoms in total. The van der Waals surface area contributed by atoms with Gasteiger partial charge in [0.2, 0.25) is 16.2 Å². The highest BCUT2D eigenvalue weighted by Gasteiger charge is 2.46. The van der Waals surface area contributed by atoms with Gasteiger partial charge in [-0.25, -0.2) is 0 Å². The number of nitrogens with two attached hydrogens (primary N) is 4. The Morgan fingerprint density at radius 3 is 1.33 bits per heavy atom. The van der Waals surface area contributed by atoms with Crippen LogP contribution in [-0.2, 0) is 0 Å². The third kappa shape index (κ3) is 3.09. The Balaban J connectivity index is 2.13. The molecule has 24 heavy (non-hydrogen) atoms. The van der Waals surface area contributed by atoms with Gasteiger partial charge in [0.15, 0.2) is 0 Å². The van der Waals surface area contributed by atoms with Crippen LogP contribution in [0.2, 0.25) is 0 Å². The minimum absolute atomic E-state index is 0.0000926. The van der Waals surface area contributed by atoms with Crippen LogP contribution in [0.25, 0.3) is 0 Å². The van der Waals surface area contributed by atoms with Crippen LogP contribution >= 0.6 is 21.6 Å². The highest BCUT2D eigenvalue weighted by atomic mass is 33.1. The first-order valence-electron chi connectivity index (χ1n) is 7.14. The van der Waals surface area contributed by atoms with Crippen molar-refractivity contribution in [3.05, 3.63) is 60.7 Å². The van der Waals surface area contributed by atoms with Crippen molar-refractivity contribution in [2.75, 3.05) is 9.80 Å². The molecule has 0 aromatic heterocycles. The Morgan fingerprint density at radius 2 is 1.00 bits per heavy atom. The normalized spacial score (nSPS) is 19.9. The second-order valence-electron chi connectivity index (χ2n) is 5.34. The van der Waals surface area contributed by atoms with Gasteiger partial charge in [-0.15, -0.1) is 0 Å². The minimum atomic E-state index is -1.39. The standard InChI is InChI=1S/C15H19N7S2/c16-13-21(11-7-3-1-4-8-11)14(17,18)23-24-15(19,20)22(13)12-9-5-2-6-10-12/h1-10,16H,17-20H2. The molecule has 0 amide bonds. The van der Waals surface area contributed by atoms with Gasteiger partial charge in [0.05, 0.1) is 0 Å². The van der Waals surface area contributed by atoms with Gasteiger partial charge in [0.25, 0.3) is 0 Å². The quantitative estimate of drug-likeness (QED) is 0.400. The van der Waals surface area contributed by atoms with Crippen molar-refractivity contribution >= 4 is 38.9 Å². The third-order valence-electron chi connectivity index (χ3n) is 3.46. The predicted molar refractivity (Wildman–Crippen MR) is 103 cm³/mol. The molecule has 3 rings (SSSR count). The fourth-order valence-electron chi connectivity index (χ4n) is 2.44. The fourth-order valence-corrected chi connectivity index (χ4v) is 4.49. The van der Waals surface area contributed by atoms with Gasteiger partial charge in [-0.1, -0.05) is 36.4 Å². The van der Waals surface area contributed by atoms with Gasteiger partial charge in [0.1, 0.15) is 0 Å². The van der Waals surface area contributed by atoms with Gasteiger partial charge in [-0.3, -0.25) is 38.1 Å². The summed E-state index contributed by atoms with van der Waals surface area (Å²) in [6.07, 6.45) is 0. The molecule has 2 aromatic rings. The van der Waals surface area contributed by atoms with Crippen molar-refractivity contribution in [2.24, 2.45) is 22.9 Å². The molecule has 9 N–H and O–H groups in total. The van der Waals surface area contributed by atoms with E-state index in [1.54, 1.807) is 0 Å². The molecule has 0 unspecified atom stereocenters. The van der Waals surface area contributed by atoms with Crippen LogP contribution in [0, 0.1) is 5.41 Å². The molecule has 0 spiro atoms. The Kier molecular flexibility index (Phi) is 4.47. The minimum Gasteiger partial charge on any atom is -0.286 e. The summed E-state index contributed by atoms with van der Waals surface area (Å²) in [4.78, 5) is 3.03. The number of para-hydroxylation sites is 2. The SMILES string of the molecule is N=C1N(c2ccccc2)C(N)(N)SSC(N)(N)N1c1ccccc1. The Morgan fingerprint density at radius 1 is 0.667 bits per heavy atom. The number of hydrogen-bond acceptors (Lipinski definition) is 7. The molecule has 1 saturated heterocycles. The van der Waals surface area contributed by atoms with E-state index in [0.717, 1.165) is 21.6 Å². The van der Waals surface area contributed by atoms with Crippen molar-refractivity contribution < 1.29 is 0 Å². The molecule has 0 saturated carbocycles. The summed E-state index contributed by atoms with van der Waals surface area (Å²) in [5, 5.41) is 5.95. The summed E-state index contributed by atoms with van der Waals surface area (Å²) < 4.78 is 0. The average Bonchev–Trinajstić information content (AvgIpc) is 2.61. The zero-order valence-corrected chi connectivity index (χ0v) is 14.4. The maximum Gasteiger partial charge on any atom is 0.209 e. The van der Waals surface area contributed by atoms with E-state index in [-0.39, 0.29) is 5.96 Å². The first-order chi connectivity index (χ1) is 11.3. The second kappa shape index (κ2) is 6.28. The zero-order chi connectivity index (χ0) is 17.4. The van der Waals surface area contributed by atoms with Crippen molar-refractivity contribution in [1.82, 2.24) is 0 Å². The van der Waals surface area contributed by atoms with Crippen LogP contribution in [-0.4, -0.2) is 16.2 Å². The molecule has 0 bridgehead atoms. The smallest absolute Gasteiger partial charge is 0.209 e. The third-order valence-corrected chi connectivity index (χ3v) is 6.29. The molecule has 0 atom stereocenters. The lowest BCUT2D eigenvalue weighted by Gasteiger charge is -2.40. The maximum atomic E-state index is 8.73. The Hall–Kier alpha value is -1.75. The van der Waals surface area contributed by atoms with E-state index in [1.165, 1.54) is 9.80 Å². The lowest BCUT2D eigenvalue weighted by molar-refractivity contribution is 0.632. The van der Waals surface area contributed by atoms with E-state index in [2.05, 4.69) is 0 Å². The van der Waals surface area contributed by atoms with E-state index in [9.17, 15) is 0 Å². The monoisotopic (exact) mass is 361 g/mol. The van der Waals surface area contributed by atoms with Crippen LogP contribution in [0.15, 0.2) is 60.7 Å². The summed E-state index contributed by atoms with van der Waals surface area (Å²) >= 11 is 0. The van der Waals surface area contributed by atoms with E-state index < -0.39 is 10.2 Å². The van der Waals surface area contributed by atoms with Crippen molar-refractivity contribution in [2.45, 2.75) is 10.2 Å². The number of guanidine groups is 1. The zero-order valence-electron chi connectivity index (χ0n) is 12.8. The van der Waals surface area contributed by atoms with Crippen LogP contribution in [0.3, 0.4) is 0 Å². The molecule has 1 heterocycles. The Labute approximate surface area is 148 Å². The number of nitrogens with zero attached hydrogens (tertiary/aromatic N) is 2. The van der Waals surface area contributed by atoms with Crippen LogP contribution in [0.4, 0.5) is 11.4 Å². The summed E-state index contributed by atoms with van der Waals surface area (Å²) in [6.45, 7) is 0. The van der Waals surface area contributed by atoms with E-state index in [4.69, 9.17) is 28.3 Å². The maximum absolute atomic E-state index is 8.73. The second-order valence-corrected chi connectivity index (χ2v) is 7.98. The van der Waals surface area contributed by atoms with Crippen molar-refractivity contribution in [3.63, 3.8) is 0 Å². The fraction of sp³-hybridized carbons (Fsp3) is 0.133. The molecule has 1 aliphatic heterocycles. The van der Waals surface area contributed by atoms with Crippen LogP contribution in [0.1, 0.15) is 0 Å². The van der Waals surface area contributed by atoms with Crippen molar-refractivity contribution in [3.8, 4) is 0 Å². The van der Waals surface area contributed by atoms with Crippen LogP contribution < -0.4 is 32.7 Å². The molecular weight excluding hydrogens is 342 g/mol. The summed E-state index contributed by atoms with van der Waals surface area (Å²) in [7, 11) is 2.24. The number of rotatable bonds is 2. The topological polar surface area (TPSA) is 134 Å². The summed E-state index contributed by atoms with van der Waals surface area (Å²) in [6, 6.07) is 18.5. The number of anilines is 2. The Bertz CT molecular complexity index is 660. The van der Waals surface area contributed by atoms with Gasteiger partial charge in [0, 0.05) is 11.4 Å². The number of hydrogen-bond donors (Lipinski definition) is 5. The largest absolute Gasteiger partial charge is 0.286 e. The van der Waals surface area contributed by atoms with Gasteiger partial charge < -0.3 is 0 Å². The van der Waals surface area contributed by atoms with E-state index in [1.807, 2.05) is 60.7 Å². The van der Waals surface area contributed by atoms with Crippen molar-refractivity contribution in [1.29, 1.82) is 5.41 Å². The summed E-state index contributed by atoms with van der Waals surface area (Å²) in [5.41, 5.74) is 26.5. The van der Waals surface area contributed by atoms with E-state index >= 15 is 0 Å². The molecular formula is C15H19N7S2. The van der Waals surface area contributed by atoms with Gasteiger partial charge in [-0.2, -0.15) is 0 Å². The highest BCUT2D eigenvalue weighted by Crippen LogP contribution is 2.44. The first-order valence-corrected chi connectivity index (χ1v) is 9.29. The lowest BCUT2D eigenvalue weighted by Crippen LogP contribution is -2.68. The van der Waals surface area contributed by atoms with Crippen LogP contribution in [0.5, 0.6) is 0 Å². The molecule has 1 fully saturated rings. The predicted octanol–water partition coefficient (Wildman–Crippen LogP) is 1.39. The van der Waals surface area contributed by atoms with E-state index in [0.29, 0.717) is 11.4 Å². The van der Waals surface area contributed by atoms with Gasteiger partial charge >= 0.3 is 0 Å². The molecule has 126 valence electrons. The molecule has 1 aliphatic rings. The number of benzene rings is 2. The molecule has 2 aromatic carbocycles.